The highest BCUT2D eigenvalue weighted by Gasteiger charge is 2.14. The molecule has 0 spiro atoms. The van der Waals surface area contributed by atoms with Crippen LogP contribution in [-0.2, 0) is 0 Å². The van der Waals surface area contributed by atoms with Gasteiger partial charge in [0.15, 0.2) is 0 Å². The number of hydrogen-bond acceptors (Lipinski definition) is 2. The first-order chi connectivity index (χ1) is 9.66. The predicted octanol–water partition coefficient (Wildman–Crippen LogP) is 4.24. The summed E-state index contributed by atoms with van der Waals surface area (Å²) in [7, 11) is 0. The topological polar surface area (TPSA) is 38.9 Å². The summed E-state index contributed by atoms with van der Waals surface area (Å²) < 4.78 is 0. The summed E-state index contributed by atoms with van der Waals surface area (Å²) in [4.78, 5) is 4.30. The Morgan fingerprint density at radius 3 is 2.65 bits per heavy atom. The van der Waals surface area contributed by atoms with Crippen LogP contribution < -0.4 is 5.73 Å². The van der Waals surface area contributed by atoms with Crippen LogP contribution in [0.5, 0.6) is 0 Å². The Hall–Kier alpha value is -1.90. The molecule has 0 bridgehead atoms. The molecular formula is C17H15ClN2. The Labute approximate surface area is 123 Å². The van der Waals surface area contributed by atoms with E-state index in [1.807, 2.05) is 55.7 Å². The molecular weight excluding hydrogens is 268 g/mol. The van der Waals surface area contributed by atoms with Crippen LogP contribution in [0.15, 0.2) is 54.9 Å². The molecule has 1 heterocycles. The van der Waals surface area contributed by atoms with Crippen molar-refractivity contribution in [2.75, 3.05) is 0 Å². The second-order valence-electron chi connectivity index (χ2n) is 4.93. The fourth-order valence-electron chi connectivity index (χ4n) is 2.54. The number of benzene rings is 2. The van der Waals surface area contributed by atoms with Gasteiger partial charge in [-0.2, -0.15) is 0 Å². The Bertz CT molecular complexity index is 763. The SMILES string of the molecule is Cc1cc(Cl)ccc1C(N)c1cncc2ccccc12. The van der Waals surface area contributed by atoms with E-state index >= 15 is 0 Å². The molecule has 2 aromatic carbocycles. The highest BCUT2D eigenvalue weighted by molar-refractivity contribution is 6.30. The maximum Gasteiger partial charge on any atom is 0.0575 e. The van der Waals surface area contributed by atoms with E-state index in [2.05, 4.69) is 11.1 Å². The van der Waals surface area contributed by atoms with Crippen molar-refractivity contribution in [2.24, 2.45) is 5.73 Å². The largest absolute Gasteiger partial charge is 0.320 e. The van der Waals surface area contributed by atoms with Crippen LogP contribution in [0.1, 0.15) is 22.7 Å². The third-order valence-electron chi connectivity index (χ3n) is 3.60. The van der Waals surface area contributed by atoms with Crippen LogP contribution in [0.3, 0.4) is 0 Å². The smallest absolute Gasteiger partial charge is 0.0575 e. The van der Waals surface area contributed by atoms with Crippen LogP contribution in [0.25, 0.3) is 10.8 Å². The molecule has 2 N–H and O–H groups in total. The summed E-state index contributed by atoms with van der Waals surface area (Å²) in [6.07, 6.45) is 3.71. The van der Waals surface area contributed by atoms with Gasteiger partial charge in [-0.3, -0.25) is 4.98 Å². The number of fused-ring (bicyclic) bond motifs is 1. The van der Waals surface area contributed by atoms with Crippen molar-refractivity contribution < 1.29 is 0 Å². The second-order valence-corrected chi connectivity index (χ2v) is 5.36. The third-order valence-corrected chi connectivity index (χ3v) is 3.84. The zero-order chi connectivity index (χ0) is 14.1. The minimum atomic E-state index is -0.203. The lowest BCUT2D eigenvalue weighted by Gasteiger charge is -2.17. The molecule has 1 aromatic heterocycles. The summed E-state index contributed by atoms with van der Waals surface area (Å²) in [6, 6.07) is 13.8. The van der Waals surface area contributed by atoms with Crippen molar-refractivity contribution in [1.82, 2.24) is 4.98 Å². The van der Waals surface area contributed by atoms with Crippen LogP contribution >= 0.6 is 11.6 Å². The summed E-state index contributed by atoms with van der Waals surface area (Å²) in [5.74, 6) is 0. The molecule has 0 amide bonds. The summed E-state index contributed by atoms with van der Waals surface area (Å²) >= 11 is 6.01. The first-order valence-electron chi connectivity index (χ1n) is 6.51. The molecule has 3 heteroatoms. The molecule has 3 rings (SSSR count). The van der Waals surface area contributed by atoms with Gasteiger partial charge in [-0.15, -0.1) is 0 Å². The maximum absolute atomic E-state index is 6.45. The predicted molar refractivity (Wildman–Crippen MR) is 84.0 cm³/mol. The van der Waals surface area contributed by atoms with E-state index in [0.717, 1.165) is 32.5 Å². The van der Waals surface area contributed by atoms with Crippen molar-refractivity contribution in [2.45, 2.75) is 13.0 Å². The first-order valence-corrected chi connectivity index (χ1v) is 6.89. The molecule has 0 saturated carbocycles. The summed E-state index contributed by atoms with van der Waals surface area (Å²) in [6.45, 7) is 2.03. The standard InChI is InChI=1S/C17H15ClN2/c1-11-8-13(18)6-7-14(11)17(19)16-10-20-9-12-4-2-3-5-15(12)16/h2-10,17H,19H2,1H3. The van der Waals surface area contributed by atoms with Gasteiger partial charge < -0.3 is 5.73 Å². The Morgan fingerprint density at radius 2 is 1.85 bits per heavy atom. The molecule has 0 aliphatic rings. The Kier molecular flexibility index (Phi) is 3.43. The minimum absolute atomic E-state index is 0.203. The van der Waals surface area contributed by atoms with Gasteiger partial charge in [0.25, 0.3) is 0 Å². The zero-order valence-corrected chi connectivity index (χ0v) is 11.9. The number of hydrogen-bond donors (Lipinski definition) is 1. The van der Waals surface area contributed by atoms with E-state index in [1.165, 1.54) is 0 Å². The van der Waals surface area contributed by atoms with E-state index in [0.29, 0.717) is 0 Å². The van der Waals surface area contributed by atoms with Gasteiger partial charge in [-0.1, -0.05) is 41.9 Å². The Balaban J connectivity index is 2.15. The normalized spacial score (nSPS) is 12.6. The molecule has 100 valence electrons. The van der Waals surface area contributed by atoms with Crippen LogP contribution in [0, 0.1) is 6.92 Å². The number of nitrogens with two attached hydrogens (primary N) is 1. The molecule has 2 nitrogen and oxygen atoms in total. The van der Waals surface area contributed by atoms with E-state index in [9.17, 15) is 0 Å². The Morgan fingerprint density at radius 1 is 1.05 bits per heavy atom. The van der Waals surface area contributed by atoms with Crippen molar-refractivity contribution in [3.8, 4) is 0 Å². The van der Waals surface area contributed by atoms with Crippen LogP contribution in [0.4, 0.5) is 0 Å². The van der Waals surface area contributed by atoms with E-state index < -0.39 is 0 Å². The number of nitrogens with zero attached hydrogens (tertiary/aromatic N) is 1. The molecule has 20 heavy (non-hydrogen) atoms. The molecule has 0 aliphatic heterocycles. The fraction of sp³-hybridized carbons (Fsp3) is 0.118. The van der Waals surface area contributed by atoms with Crippen molar-refractivity contribution in [3.05, 3.63) is 76.6 Å². The van der Waals surface area contributed by atoms with Crippen molar-refractivity contribution in [1.29, 1.82) is 0 Å². The van der Waals surface area contributed by atoms with Crippen molar-refractivity contribution in [3.63, 3.8) is 0 Å². The number of halogens is 1. The molecule has 0 saturated heterocycles. The summed E-state index contributed by atoms with van der Waals surface area (Å²) in [5.41, 5.74) is 9.66. The van der Waals surface area contributed by atoms with Crippen molar-refractivity contribution >= 4 is 22.4 Å². The quantitative estimate of drug-likeness (QED) is 0.763. The average molecular weight is 283 g/mol. The molecule has 0 radical (unpaired) electrons. The van der Waals surface area contributed by atoms with Gasteiger partial charge in [-0.25, -0.2) is 0 Å². The lowest BCUT2D eigenvalue weighted by molar-refractivity contribution is 0.864. The van der Waals surface area contributed by atoms with Gasteiger partial charge in [0.05, 0.1) is 6.04 Å². The lowest BCUT2D eigenvalue weighted by Crippen LogP contribution is -2.14. The molecule has 0 fully saturated rings. The summed E-state index contributed by atoms with van der Waals surface area (Å²) in [5, 5.41) is 2.98. The number of pyridine rings is 1. The third kappa shape index (κ3) is 2.28. The molecule has 1 atom stereocenters. The maximum atomic E-state index is 6.45. The van der Waals surface area contributed by atoms with Crippen LogP contribution in [0.2, 0.25) is 5.02 Å². The van der Waals surface area contributed by atoms with E-state index in [4.69, 9.17) is 17.3 Å². The van der Waals surface area contributed by atoms with Gasteiger partial charge in [-0.05, 0) is 41.1 Å². The number of rotatable bonds is 2. The lowest BCUT2D eigenvalue weighted by atomic mass is 9.94. The number of aryl methyl sites for hydroxylation is 1. The number of aromatic nitrogens is 1. The monoisotopic (exact) mass is 282 g/mol. The molecule has 3 aromatic rings. The fourth-order valence-corrected chi connectivity index (χ4v) is 2.77. The second kappa shape index (κ2) is 5.23. The van der Waals surface area contributed by atoms with Gasteiger partial charge in [0.1, 0.15) is 0 Å². The molecule has 1 unspecified atom stereocenters. The average Bonchev–Trinajstić information content (AvgIpc) is 2.46. The van der Waals surface area contributed by atoms with E-state index in [1.54, 1.807) is 0 Å². The van der Waals surface area contributed by atoms with Gasteiger partial charge in [0, 0.05) is 22.8 Å². The van der Waals surface area contributed by atoms with Crippen LogP contribution in [-0.4, -0.2) is 4.98 Å². The zero-order valence-electron chi connectivity index (χ0n) is 11.2. The highest BCUT2D eigenvalue weighted by atomic mass is 35.5. The van der Waals surface area contributed by atoms with Gasteiger partial charge >= 0.3 is 0 Å². The highest BCUT2D eigenvalue weighted by Crippen LogP contribution is 2.29. The first kappa shape index (κ1) is 13.1. The van der Waals surface area contributed by atoms with E-state index in [-0.39, 0.29) is 6.04 Å². The molecule has 0 aliphatic carbocycles. The van der Waals surface area contributed by atoms with Gasteiger partial charge in [0.2, 0.25) is 0 Å². The minimum Gasteiger partial charge on any atom is -0.320 e.